The fraction of sp³-hybridized carbons (Fsp3) is 0.100. The molecule has 12 rings (SSSR count). The third-order valence-corrected chi connectivity index (χ3v) is 18.8. The van der Waals surface area contributed by atoms with Crippen LogP contribution in [0.5, 0.6) is 0 Å². The molecule has 0 amide bonds. The summed E-state index contributed by atoms with van der Waals surface area (Å²) in [4.78, 5) is 0. The maximum atomic E-state index is 2.53. The number of fused-ring (bicyclic) bond motifs is 6. The molecule has 9 aromatic carbocycles. The van der Waals surface area contributed by atoms with E-state index in [4.69, 9.17) is 0 Å². The Kier molecular flexibility index (Phi) is 9.30. The lowest BCUT2D eigenvalue weighted by atomic mass is 9.84. The van der Waals surface area contributed by atoms with Gasteiger partial charge in [-0.15, -0.1) is 0 Å². The summed E-state index contributed by atoms with van der Waals surface area (Å²) < 4.78 is 5.01. The van der Waals surface area contributed by atoms with Crippen LogP contribution in [0.2, 0.25) is 0 Å². The zero-order chi connectivity index (χ0) is 41.7. The van der Waals surface area contributed by atoms with E-state index >= 15 is 0 Å². The summed E-state index contributed by atoms with van der Waals surface area (Å²) in [7, 11) is -2.70. The Bertz CT molecular complexity index is 3330. The van der Waals surface area contributed by atoms with Crippen LogP contribution in [0, 0.1) is 0 Å². The number of hydrogen-bond donors (Lipinski definition) is 0. The number of benzene rings is 9. The first-order chi connectivity index (χ1) is 31.3. The second-order valence-corrected chi connectivity index (χ2v) is 21.3. The fourth-order valence-corrected chi connectivity index (χ4v) is 16.0. The smallest absolute Gasteiger partial charge is 0.179 e. The minimum atomic E-state index is -2.70. The molecular weight excluding hydrogens is 777 g/mol. The van der Waals surface area contributed by atoms with Crippen molar-refractivity contribution in [2.24, 2.45) is 0 Å². The third-order valence-electron chi connectivity index (χ3n) is 14.0. The Labute approximate surface area is 370 Å². The lowest BCUT2D eigenvalue weighted by molar-refractivity contribution is 0.444. The quantitative estimate of drug-likeness (QED) is 0.107. The summed E-state index contributed by atoms with van der Waals surface area (Å²) in [6.45, 7) is 0. The monoisotopic (exact) mass is 824 g/mol. The van der Waals surface area contributed by atoms with Crippen LogP contribution in [0.3, 0.4) is 0 Å². The normalized spacial score (nSPS) is 13.7. The molecule has 0 spiro atoms. The van der Waals surface area contributed by atoms with E-state index in [0.29, 0.717) is 5.92 Å². The molecule has 11 aromatic rings. The van der Waals surface area contributed by atoms with Crippen molar-refractivity contribution in [3.05, 3.63) is 230 Å². The maximum Gasteiger partial charge on any atom is 0.179 e. The summed E-state index contributed by atoms with van der Waals surface area (Å²) in [5.41, 5.74) is 11.2. The average Bonchev–Trinajstić information content (AvgIpc) is 3.88. The van der Waals surface area contributed by atoms with Crippen LogP contribution >= 0.6 is 0 Å². The fourth-order valence-electron chi connectivity index (χ4n) is 11.2. The van der Waals surface area contributed by atoms with E-state index in [1.54, 1.807) is 0 Å². The molecule has 1 aliphatic carbocycles. The molecule has 0 saturated heterocycles. The average molecular weight is 825 g/mol. The molecule has 0 N–H and O–H groups in total. The molecule has 1 saturated carbocycles. The molecular formula is C60H48N2Si. The highest BCUT2D eigenvalue weighted by Crippen LogP contribution is 2.42. The van der Waals surface area contributed by atoms with E-state index in [1.165, 1.54) is 119 Å². The zero-order valence-electron chi connectivity index (χ0n) is 35.4. The molecule has 0 atom stereocenters. The van der Waals surface area contributed by atoms with Gasteiger partial charge in [0.1, 0.15) is 0 Å². The minimum absolute atomic E-state index is 0.658. The maximum absolute atomic E-state index is 2.70. The molecule has 2 aromatic heterocycles. The molecule has 1 aliphatic rings. The van der Waals surface area contributed by atoms with E-state index in [2.05, 4.69) is 234 Å². The Hall–Kier alpha value is -7.20. The van der Waals surface area contributed by atoms with Crippen molar-refractivity contribution in [3.63, 3.8) is 0 Å². The number of para-hydroxylation sites is 2. The summed E-state index contributed by atoms with van der Waals surface area (Å²) in [6, 6.07) is 84.4. The summed E-state index contributed by atoms with van der Waals surface area (Å²) in [6.07, 6.45) is 6.64. The van der Waals surface area contributed by atoms with Crippen LogP contribution in [0.25, 0.3) is 66.1 Å². The van der Waals surface area contributed by atoms with Crippen molar-refractivity contribution in [1.82, 2.24) is 9.13 Å². The molecule has 0 bridgehead atoms. The van der Waals surface area contributed by atoms with Gasteiger partial charge >= 0.3 is 0 Å². The molecule has 1 fully saturated rings. The highest BCUT2D eigenvalue weighted by atomic mass is 28.3. The molecule has 0 aliphatic heterocycles. The molecule has 63 heavy (non-hydrogen) atoms. The van der Waals surface area contributed by atoms with Crippen LogP contribution in [0.15, 0.2) is 224 Å². The van der Waals surface area contributed by atoms with Gasteiger partial charge in [0.2, 0.25) is 0 Å². The van der Waals surface area contributed by atoms with Crippen molar-refractivity contribution in [2.75, 3.05) is 0 Å². The Morgan fingerprint density at radius 1 is 0.349 bits per heavy atom. The topological polar surface area (TPSA) is 9.86 Å². The number of nitrogens with zero attached hydrogens (tertiary/aromatic N) is 2. The third kappa shape index (κ3) is 6.13. The molecule has 0 unspecified atom stereocenters. The molecule has 302 valence electrons. The van der Waals surface area contributed by atoms with Crippen LogP contribution < -0.4 is 20.7 Å². The number of hydrogen-bond acceptors (Lipinski definition) is 0. The minimum Gasteiger partial charge on any atom is -0.309 e. The van der Waals surface area contributed by atoms with Gasteiger partial charge in [0.25, 0.3) is 0 Å². The van der Waals surface area contributed by atoms with Crippen molar-refractivity contribution in [3.8, 4) is 22.5 Å². The lowest BCUT2D eigenvalue weighted by Gasteiger charge is -2.34. The summed E-state index contributed by atoms with van der Waals surface area (Å²) in [5, 5.41) is 10.7. The van der Waals surface area contributed by atoms with Gasteiger partial charge in [-0.1, -0.05) is 195 Å². The van der Waals surface area contributed by atoms with Crippen molar-refractivity contribution < 1.29 is 0 Å². The molecule has 2 heterocycles. The Balaban J connectivity index is 1.03. The van der Waals surface area contributed by atoms with Gasteiger partial charge in [-0.05, 0) is 105 Å². The van der Waals surface area contributed by atoms with E-state index in [1.807, 2.05) is 0 Å². The van der Waals surface area contributed by atoms with Crippen LogP contribution in [-0.2, 0) is 0 Å². The highest BCUT2D eigenvalue weighted by Gasteiger charge is 2.41. The van der Waals surface area contributed by atoms with E-state index < -0.39 is 8.07 Å². The summed E-state index contributed by atoms with van der Waals surface area (Å²) >= 11 is 0. The zero-order valence-corrected chi connectivity index (χ0v) is 36.4. The van der Waals surface area contributed by atoms with Gasteiger partial charge in [0.15, 0.2) is 8.07 Å². The van der Waals surface area contributed by atoms with Crippen molar-refractivity contribution in [1.29, 1.82) is 0 Å². The first-order valence-corrected chi connectivity index (χ1v) is 24.7. The second kappa shape index (κ2) is 15.6. The second-order valence-electron chi connectivity index (χ2n) is 17.5. The van der Waals surface area contributed by atoms with Gasteiger partial charge in [-0.25, -0.2) is 0 Å². The van der Waals surface area contributed by atoms with Gasteiger partial charge in [-0.2, -0.15) is 0 Å². The van der Waals surface area contributed by atoms with E-state index in [-0.39, 0.29) is 0 Å². The first kappa shape index (κ1) is 37.5. The lowest BCUT2D eigenvalue weighted by Crippen LogP contribution is -2.74. The van der Waals surface area contributed by atoms with Crippen molar-refractivity contribution in [2.45, 2.75) is 38.0 Å². The standard InChI is InChI=1S/C60H48N2Si/c1-5-20-43(21-6-1)46-38-39-57-54(42-46)52-32-13-15-34-55(52)62(57)59-37-19-36-58-60(59)53-33-14-16-35-56(53)61(58)47-24-17-22-44(40-47)45-23-18-31-51(41-45)63(48-25-7-2-8-26-48,49-27-9-3-10-28-49)50-29-11-4-12-30-50/h2-4,7-19,22-43H,1,5-6,20-21H2. The largest absolute Gasteiger partial charge is 0.309 e. The van der Waals surface area contributed by atoms with Gasteiger partial charge < -0.3 is 9.13 Å². The Morgan fingerprint density at radius 3 is 1.56 bits per heavy atom. The number of aromatic nitrogens is 2. The van der Waals surface area contributed by atoms with E-state index in [0.717, 1.165) is 5.69 Å². The predicted octanol–water partition coefficient (Wildman–Crippen LogP) is 13.0. The van der Waals surface area contributed by atoms with Crippen molar-refractivity contribution >= 4 is 72.4 Å². The van der Waals surface area contributed by atoms with E-state index in [9.17, 15) is 0 Å². The van der Waals surface area contributed by atoms with Crippen LogP contribution in [0.1, 0.15) is 43.6 Å². The Morgan fingerprint density at radius 2 is 0.873 bits per heavy atom. The highest BCUT2D eigenvalue weighted by molar-refractivity contribution is 7.19. The van der Waals surface area contributed by atoms with Gasteiger partial charge in [0.05, 0.1) is 27.8 Å². The summed E-state index contributed by atoms with van der Waals surface area (Å²) in [5.74, 6) is 0.658. The van der Waals surface area contributed by atoms with Crippen LogP contribution in [0.4, 0.5) is 0 Å². The van der Waals surface area contributed by atoms with Gasteiger partial charge in [-0.3, -0.25) is 0 Å². The van der Waals surface area contributed by atoms with Gasteiger partial charge in [0, 0.05) is 27.2 Å². The SMILES string of the molecule is c1ccc([Si](c2ccccc2)(c2ccccc2)c2cccc(-c3cccc(-n4c5ccccc5c5c(-n6c7ccccc7c7cc(C8CCCCC8)ccc76)cccc54)c3)c2)cc1. The van der Waals surface area contributed by atoms with Crippen LogP contribution in [-0.4, -0.2) is 17.2 Å². The molecule has 0 radical (unpaired) electrons. The first-order valence-electron chi connectivity index (χ1n) is 22.7. The number of rotatable bonds is 8. The molecule has 3 heteroatoms. The predicted molar refractivity (Wildman–Crippen MR) is 270 cm³/mol. The molecule has 2 nitrogen and oxygen atoms in total.